The van der Waals surface area contributed by atoms with E-state index in [4.69, 9.17) is 19.6 Å². The molecule has 47 heavy (non-hydrogen) atoms. The van der Waals surface area contributed by atoms with Gasteiger partial charge in [0.2, 0.25) is 5.91 Å². The smallest absolute Gasteiger partial charge is 0.246 e. The lowest BCUT2D eigenvalue weighted by Gasteiger charge is -2.33. The first-order valence-electron chi connectivity index (χ1n) is 14.8. The van der Waals surface area contributed by atoms with Gasteiger partial charge in [-0.1, -0.05) is 12.6 Å². The van der Waals surface area contributed by atoms with Crippen LogP contribution in [0.1, 0.15) is 18.7 Å². The van der Waals surface area contributed by atoms with Gasteiger partial charge in [0.1, 0.15) is 41.2 Å². The van der Waals surface area contributed by atoms with Crippen LogP contribution in [0.3, 0.4) is 0 Å². The van der Waals surface area contributed by atoms with Crippen LogP contribution >= 0.6 is 11.3 Å². The summed E-state index contributed by atoms with van der Waals surface area (Å²) >= 11 is 1.13. The summed E-state index contributed by atoms with van der Waals surface area (Å²) in [6.45, 7) is 6.45. The zero-order valence-corrected chi connectivity index (χ0v) is 26.6. The van der Waals surface area contributed by atoms with E-state index in [0.717, 1.165) is 40.1 Å². The first kappa shape index (κ1) is 30.6. The van der Waals surface area contributed by atoms with Crippen molar-refractivity contribution < 1.29 is 27.4 Å². The minimum atomic E-state index is -0.947. The number of amides is 1. The molecule has 0 saturated heterocycles. The first-order valence-corrected chi connectivity index (χ1v) is 15.7. The average Bonchev–Trinajstić information content (AvgIpc) is 3.77. The Bertz CT molecular complexity index is 2210. The predicted molar refractivity (Wildman–Crippen MR) is 174 cm³/mol. The Balaban J connectivity index is 1.53. The van der Waals surface area contributed by atoms with Gasteiger partial charge < -0.3 is 14.4 Å². The molecule has 240 valence electrons. The van der Waals surface area contributed by atoms with Crippen molar-refractivity contribution in [3.05, 3.63) is 83.8 Å². The van der Waals surface area contributed by atoms with E-state index in [1.54, 1.807) is 26.5 Å². The number of aryl methyl sites for hydroxylation is 1. The molecule has 1 aliphatic heterocycles. The summed E-state index contributed by atoms with van der Waals surface area (Å²) in [4.78, 5) is 19.4. The SMILES string of the molecule is C=CC(=O)N1CCn2nc(-c3nc(-c4ccc5c(cnn5C)c4)c4scc(F)c4c3-c3c(F)cc(F)cc3OCCOC)cc2C1C. The highest BCUT2D eigenvalue weighted by atomic mass is 32.1. The third kappa shape index (κ3) is 5.15. The van der Waals surface area contributed by atoms with Crippen LogP contribution in [0.25, 0.3) is 54.8 Å². The molecule has 0 spiro atoms. The maximum atomic E-state index is 16.1. The van der Waals surface area contributed by atoms with Crippen molar-refractivity contribution in [3.8, 4) is 39.5 Å². The molecular formula is C34H29F3N6O3S. The summed E-state index contributed by atoms with van der Waals surface area (Å²) < 4.78 is 61.7. The molecule has 1 amide bonds. The Morgan fingerprint density at radius 1 is 1.09 bits per heavy atom. The van der Waals surface area contributed by atoms with Gasteiger partial charge >= 0.3 is 0 Å². The fraction of sp³-hybridized carbons (Fsp3) is 0.235. The molecule has 1 atom stereocenters. The minimum Gasteiger partial charge on any atom is -0.490 e. The van der Waals surface area contributed by atoms with Gasteiger partial charge in [0.15, 0.2) is 0 Å². The van der Waals surface area contributed by atoms with E-state index < -0.39 is 17.5 Å². The topological polar surface area (TPSA) is 87.3 Å². The van der Waals surface area contributed by atoms with Crippen molar-refractivity contribution in [1.82, 2.24) is 29.4 Å². The Kier molecular flexibility index (Phi) is 7.80. The van der Waals surface area contributed by atoms with Gasteiger partial charge in [-0.05, 0) is 31.2 Å². The number of hydrogen-bond acceptors (Lipinski definition) is 7. The van der Waals surface area contributed by atoms with Gasteiger partial charge in [0, 0.05) is 60.1 Å². The number of nitrogens with zero attached hydrogens (tertiary/aromatic N) is 6. The van der Waals surface area contributed by atoms with E-state index in [2.05, 4.69) is 11.7 Å². The molecule has 6 aromatic rings. The fourth-order valence-electron chi connectivity index (χ4n) is 6.19. The van der Waals surface area contributed by atoms with Crippen LogP contribution in [0.5, 0.6) is 5.75 Å². The maximum Gasteiger partial charge on any atom is 0.246 e. The molecule has 2 aromatic carbocycles. The number of hydrogen-bond donors (Lipinski definition) is 0. The Morgan fingerprint density at radius 2 is 1.91 bits per heavy atom. The number of fused-ring (bicyclic) bond motifs is 3. The molecule has 1 unspecified atom stereocenters. The van der Waals surface area contributed by atoms with Crippen LogP contribution in [-0.2, 0) is 23.1 Å². The molecule has 4 aromatic heterocycles. The zero-order valence-electron chi connectivity index (χ0n) is 25.8. The molecule has 0 radical (unpaired) electrons. The zero-order chi connectivity index (χ0) is 33.0. The molecule has 0 aliphatic carbocycles. The average molecular weight is 659 g/mol. The van der Waals surface area contributed by atoms with Gasteiger partial charge in [-0.2, -0.15) is 10.2 Å². The summed E-state index contributed by atoms with van der Waals surface area (Å²) in [5.41, 5.74) is 3.22. The van der Waals surface area contributed by atoms with Gasteiger partial charge in [0.05, 0.1) is 52.6 Å². The highest BCUT2D eigenvalue weighted by molar-refractivity contribution is 7.17. The fourth-order valence-corrected chi connectivity index (χ4v) is 7.13. The predicted octanol–water partition coefficient (Wildman–Crippen LogP) is 6.91. The summed E-state index contributed by atoms with van der Waals surface area (Å²) in [5, 5.41) is 11.5. The van der Waals surface area contributed by atoms with E-state index in [9.17, 15) is 9.18 Å². The first-order chi connectivity index (χ1) is 22.7. The number of methoxy groups -OCH3 is 1. The second-order valence-electron chi connectivity index (χ2n) is 11.2. The second kappa shape index (κ2) is 12.0. The maximum absolute atomic E-state index is 16.1. The van der Waals surface area contributed by atoms with E-state index in [1.165, 1.54) is 18.6 Å². The number of thiophene rings is 1. The quantitative estimate of drug-likeness (QED) is 0.131. The van der Waals surface area contributed by atoms with Crippen LogP contribution in [0.4, 0.5) is 13.2 Å². The van der Waals surface area contributed by atoms with Gasteiger partial charge in [0.25, 0.3) is 0 Å². The van der Waals surface area contributed by atoms with Gasteiger partial charge in [-0.3, -0.25) is 14.2 Å². The van der Waals surface area contributed by atoms with Gasteiger partial charge in [-0.25, -0.2) is 18.2 Å². The molecule has 0 fully saturated rings. The van der Waals surface area contributed by atoms with Crippen molar-refractivity contribution in [2.75, 3.05) is 26.9 Å². The standard InChI is InChI=1S/C34H29F3N6O3S/c1-5-28(44)42-8-9-43-26(18(42)2)15-24(40-43)33-31(29-22(36)13-21(35)14-27(29)46-11-10-45-4)30-23(37)17-47-34(30)32(39-33)19-6-7-25-20(12-19)16-38-41(25)3/h5-7,12-18H,1,8-11H2,2-4H3. The monoisotopic (exact) mass is 658 g/mol. The lowest BCUT2D eigenvalue weighted by Crippen LogP contribution is -2.40. The van der Waals surface area contributed by atoms with Crippen molar-refractivity contribution in [2.24, 2.45) is 7.05 Å². The van der Waals surface area contributed by atoms with Crippen LogP contribution in [0.15, 0.2) is 60.6 Å². The van der Waals surface area contributed by atoms with E-state index in [-0.39, 0.29) is 53.1 Å². The van der Waals surface area contributed by atoms with E-state index >= 15 is 8.78 Å². The number of carbonyl (C=O) groups excluding carboxylic acids is 1. The Labute approximate surface area is 271 Å². The summed E-state index contributed by atoms with van der Waals surface area (Å²) in [5.74, 6) is -2.74. The summed E-state index contributed by atoms with van der Waals surface area (Å²) in [6, 6.07) is 8.93. The second-order valence-corrected chi connectivity index (χ2v) is 12.1. The molecule has 1 aliphatic rings. The molecule has 0 bridgehead atoms. The summed E-state index contributed by atoms with van der Waals surface area (Å²) in [7, 11) is 3.32. The normalized spacial score (nSPS) is 14.6. The molecule has 0 N–H and O–H groups in total. The van der Waals surface area contributed by atoms with Crippen molar-refractivity contribution >= 4 is 38.2 Å². The number of halogens is 3. The summed E-state index contributed by atoms with van der Waals surface area (Å²) in [6.07, 6.45) is 3.00. The van der Waals surface area contributed by atoms with Crippen LogP contribution in [0, 0.1) is 17.5 Å². The molecule has 5 heterocycles. The number of ether oxygens (including phenoxy) is 2. The lowest BCUT2D eigenvalue weighted by atomic mass is 9.94. The lowest BCUT2D eigenvalue weighted by molar-refractivity contribution is -0.129. The van der Waals surface area contributed by atoms with Crippen LogP contribution < -0.4 is 4.74 Å². The van der Waals surface area contributed by atoms with E-state index in [0.29, 0.717) is 34.7 Å². The molecule has 7 rings (SSSR count). The molecule has 13 heteroatoms. The number of carbonyl (C=O) groups is 1. The molecule has 9 nitrogen and oxygen atoms in total. The highest BCUT2D eigenvalue weighted by Crippen LogP contribution is 2.48. The highest BCUT2D eigenvalue weighted by Gasteiger charge is 2.32. The number of aromatic nitrogens is 5. The van der Waals surface area contributed by atoms with E-state index in [1.807, 2.05) is 32.2 Å². The van der Waals surface area contributed by atoms with Crippen molar-refractivity contribution in [1.29, 1.82) is 0 Å². The van der Waals surface area contributed by atoms with Crippen molar-refractivity contribution in [3.63, 3.8) is 0 Å². The largest absolute Gasteiger partial charge is 0.490 e. The van der Waals surface area contributed by atoms with Crippen molar-refractivity contribution in [2.45, 2.75) is 19.5 Å². The Hall–Kier alpha value is -5.01. The number of pyridine rings is 1. The third-order valence-corrected chi connectivity index (χ3v) is 9.42. The molecule has 0 saturated carbocycles. The van der Waals surface area contributed by atoms with Crippen LogP contribution in [0.2, 0.25) is 0 Å². The molecular weight excluding hydrogens is 629 g/mol. The Morgan fingerprint density at radius 3 is 2.70 bits per heavy atom. The minimum absolute atomic E-state index is 0.00289. The number of rotatable bonds is 8. The van der Waals surface area contributed by atoms with Crippen LogP contribution in [-0.4, -0.2) is 62.2 Å². The van der Waals surface area contributed by atoms with Gasteiger partial charge in [-0.15, -0.1) is 11.3 Å². The third-order valence-electron chi connectivity index (χ3n) is 8.46. The number of benzene rings is 2.